The summed E-state index contributed by atoms with van der Waals surface area (Å²) < 4.78 is 37.7. The lowest BCUT2D eigenvalue weighted by molar-refractivity contribution is -0.317. The van der Waals surface area contributed by atoms with E-state index >= 15 is 0 Å². The predicted octanol–water partition coefficient (Wildman–Crippen LogP) is 3.15. The number of likely N-dealkylation sites (N-methyl/N-ethyl adjacent to an activating group) is 2. The number of ether oxygens (including phenoxy) is 6. The number of rotatable bonds is 10. The van der Waals surface area contributed by atoms with Gasteiger partial charge in [-0.05, 0) is 87.1 Å². The first-order valence-electron chi connectivity index (χ1n) is 21.3. The number of aliphatic hydroxyl groups excluding tert-OH is 3. The van der Waals surface area contributed by atoms with Crippen molar-refractivity contribution in [3.05, 3.63) is 12.2 Å². The van der Waals surface area contributed by atoms with Crippen molar-refractivity contribution in [3.8, 4) is 0 Å². The summed E-state index contributed by atoms with van der Waals surface area (Å²) in [5.74, 6) is -2.99. The zero-order chi connectivity index (χ0) is 44.1. The summed E-state index contributed by atoms with van der Waals surface area (Å²) in [5.41, 5.74) is -4.53. The minimum absolute atomic E-state index is 0.0963. The average Bonchev–Trinajstić information content (AvgIpc) is 3.15. The molecule has 0 aromatic carbocycles. The van der Waals surface area contributed by atoms with Crippen molar-refractivity contribution >= 4 is 11.9 Å². The monoisotopic (exact) mass is 831 g/mol. The Morgan fingerprint density at radius 1 is 0.966 bits per heavy atom. The maximum atomic E-state index is 14.3. The van der Waals surface area contributed by atoms with Crippen LogP contribution >= 0.6 is 0 Å². The van der Waals surface area contributed by atoms with Crippen molar-refractivity contribution in [3.63, 3.8) is 0 Å². The topological polar surface area (TPSA) is 197 Å². The van der Waals surface area contributed by atoms with Gasteiger partial charge < -0.3 is 63.8 Å². The normalized spacial score (nSPS) is 45.6. The molecule has 0 aromatic heterocycles. The minimum atomic E-state index is -1.83. The van der Waals surface area contributed by atoms with Crippen molar-refractivity contribution in [2.45, 2.75) is 205 Å². The zero-order valence-electron chi connectivity index (χ0n) is 37.7. The first-order valence-corrected chi connectivity index (χ1v) is 21.3. The molecule has 0 radical (unpaired) electrons. The maximum Gasteiger partial charge on any atom is 0.311 e. The summed E-state index contributed by atoms with van der Waals surface area (Å²) >= 11 is 0. The molecule has 0 spiro atoms. The molecule has 15 nitrogen and oxygen atoms in total. The highest BCUT2D eigenvalue weighted by Gasteiger charge is 2.53. The number of carbonyl (C=O) groups is 2. The Bertz CT molecular complexity index is 1350. The third-order valence-corrected chi connectivity index (χ3v) is 13.1. The van der Waals surface area contributed by atoms with Gasteiger partial charge in [0.1, 0.15) is 30.0 Å². The summed E-state index contributed by atoms with van der Waals surface area (Å²) in [6, 6.07) is -1.23. The first-order chi connectivity index (χ1) is 26.9. The van der Waals surface area contributed by atoms with Gasteiger partial charge in [-0.3, -0.25) is 9.59 Å². The molecule has 3 aliphatic rings. The molecule has 0 bridgehead atoms. The molecule has 0 aromatic rings. The number of methoxy groups -OCH3 is 1. The van der Waals surface area contributed by atoms with Gasteiger partial charge in [-0.15, -0.1) is 0 Å². The number of carbonyl (C=O) groups excluding carboxylic acids is 2. The quantitative estimate of drug-likeness (QED) is 0.159. The number of esters is 1. The van der Waals surface area contributed by atoms with Gasteiger partial charge in [0.05, 0.1) is 47.6 Å². The van der Waals surface area contributed by atoms with Crippen molar-refractivity contribution in [1.29, 1.82) is 0 Å². The fourth-order valence-corrected chi connectivity index (χ4v) is 9.29. The van der Waals surface area contributed by atoms with Crippen LogP contribution in [0.2, 0.25) is 0 Å². The Kier molecular flexibility index (Phi) is 18.2. The van der Waals surface area contributed by atoms with Gasteiger partial charge in [0, 0.05) is 45.5 Å². The van der Waals surface area contributed by atoms with Crippen LogP contribution < -0.4 is 0 Å². The first kappa shape index (κ1) is 50.6. The Balaban J connectivity index is 2.17. The van der Waals surface area contributed by atoms with Gasteiger partial charge in [-0.1, -0.05) is 39.8 Å². The molecular formula is C43H78N2O13. The van der Waals surface area contributed by atoms with Crippen molar-refractivity contribution in [1.82, 2.24) is 9.80 Å². The van der Waals surface area contributed by atoms with E-state index in [1.54, 1.807) is 61.6 Å². The van der Waals surface area contributed by atoms with Crippen molar-refractivity contribution < 1.29 is 63.5 Å². The minimum Gasteiger partial charge on any atom is -0.459 e. The molecule has 58 heavy (non-hydrogen) atoms. The number of nitrogens with zero attached hydrogens (tertiary/aromatic N) is 2. The predicted molar refractivity (Wildman–Crippen MR) is 217 cm³/mol. The number of cyclic esters (lactones) is 1. The Hall–Kier alpha value is -1.76. The molecule has 3 heterocycles. The molecule has 338 valence electrons. The van der Waals surface area contributed by atoms with Crippen LogP contribution in [-0.4, -0.2) is 165 Å². The van der Waals surface area contributed by atoms with E-state index in [0.717, 1.165) is 6.42 Å². The molecular weight excluding hydrogens is 752 g/mol. The molecule has 0 aliphatic carbocycles. The Morgan fingerprint density at radius 2 is 1.60 bits per heavy atom. The van der Waals surface area contributed by atoms with Crippen molar-refractivity contribution in [2.24, 2.45) is 17.8 Å². The lowest BCUT2D eigenvalue weighted by Crippen LogP contribution is -2.61. The van der Waals surface area contributed by atoms with E-state index in [0.29, 0.717) is 13.0 Å². The average molecular weight is 831 g/mol. The second-order valence-electron chi connectivity index (χ2n) is 18.3. The van der Waals surface area contributed by atoms with Gasteiger partial charge in [0.15, 0.2) is 12.6 Å². The van der Waals surface area contributed by atoms with Gasteiger partial charge >= 0.3 is 5.97 Å². The van der Waals surface area contributed by atoms with Crippen LogP contribution in [0.15, 0.2) is 12.2 Å². The maximum absolute atomic E-state index is 14.3. The molecule has 1 amide bonds. The highest BCUT2D eigenvalue weighted by molar-refractivity contribution is 5.77. The van der Waals surface area contributed by atoms with Crippen LogP contribution in [0.4, 0.5) is 0 Å². The van der Waals surface area contributed by atoms with Crippen LogP contribution in [0.3, 0.4) is 0 Å². The molecule has 5 N–H and O–H groups in total. The standard InChI is InChI=1S/C43H78N2O13/c1-15-17-18-19-32(46)45(13)30-20-25(4)54-40(34(30)47)58-38-26(5)35(57-33-22-42(10,53-14)37(49)29(8)55-33)27(6)39(50)56-31(16-2)43(11,52)36(48)28(7)44(12)23-24(3)21-41(38,9)51/h17-18,24-31,33-38,40,47-49,51-52H,15-16,19-23H2,1-14H3/b18-17-/t24-,25-,26+,27-,28-,29+,30+,31-,33+,34-,35+,36-,37+,38-,40+,41-,42-,43-/m1/s1. The number of amides is 1. The van der Waals surface area contributed by atoms with E-state index < -0.39 is 108 Å². The molecule has 3 fully saturated rings. The lowest BCUT2D eigenvalue weighted by Gasteiger charge is -2.49. The SMILES string of the molecule is CC/C=C\CC(=O)N(C)[C@H]1C[C@@H](C)O[C@@H](O[C@@H]2[C@@H](C)[C@H](O[C@H]3C[C@@](C)(OC)[C@@H](O)[C@H](C)O3)[C@@H](C)C(=O)O[C@H](CC)[C@@](C)(O)[C@H](O)[C@@H](C)N(C)C[C@H](C)C[C@@]2(C)O)[C@@H]1O. The van der Waals surface area contributed by atoms with E-state index in [1.807, 2.05) is 38.8 Å². The summed E-state index contributed by atoms with van der Waals surface area (Å²) in [6.07, 6.45) is -4.83. The zero-order valence-corrected chi connectivity index (χ0v) is 37.7. The third-order valence-electron chi connectivity index (χ3n) is 13.1. The summed E-state index contributed by atoms with van der Waals surface area (Å²) in [7, 11) is 4.97. The summed E-state index contributed by atoms with van der Waals surface area (Å²) in [5, 5.41) is 58.8. The second-order valence-corrected chi connectivity index (χ2v) is 18.3. The Morgan fingerprint density at radius 3 is 2.19 bits per heavy atom. The smallest absolute Gasteiger partial charge is 0.311 e. The fraction of sp³-hybridized carbons (Fsp3) is 0.907. The number of hydrogen-bond acceptors (Lipinski definition) is 14. The van der Waals surface area contributed by atoms with E-state index in [9.17, 15) is 35.1 Å². The number of hydrogen-bond donors (Lipinski definition) is 5. The fourth-order valence-electron chi connectivity index (χ4n) is 9.29. The van der Waals surface area contributed by atoms with Crippen molar-refractivity contribution in [2.75, 3.05) is 27.7 Å². The molecule has 15 heteroatoms. The largest absolute Gasteiger partial charge is 0.459 e. The lowest BCUT2D eigenvalue weighted by atomic mass is 9.77. The summed E-state index contributed by atoms with van der Waals surface area (Å²) in [4.78, 5) is 31.0. The van der Waals surface area contributed by atoms with E-state index in [-0.39, 0.29) is 37.5 Å². The van der Waals surface area contributed by atoms with E-state index in [1.165, 1.54) is 18.9 Å². The molecule has 18 atom stereocenters. The van der Waals surface area contributed by atoms with Gasteiger partial charge in [0.25, 0.3) is 0 Å². The van der Waals surface area contributed by atoms with Crippen LogP contribution in [0.5, 0.6) is 0 Å². The van der Waals surface area contributed by atoms with Crippen LogP contribution in [0.25, 0.3) is 0 Å². The molecule has 3 rings (SSSR count). The van der Waals surface area contributed by atoms with E-state index in [4.69, 9.17) is 28.4 Å². The van der Waals surface area contributed by atoms with Gasteiger partial charge in [0.2, 0.25) is 5.91 Å². The highest BCUT2D eigenvalue weighted by atomic mass is 16.7. The van der Waals surface area contributed by atoms with Gasteiger partial charge in [-0.2, -0.15) is 0 Å². The number of allylic oxidation sites excluding steroid dienone is 1. The third kappa shape index (κ3) is 11.8. The van der Waals surface area contributed by atoms with E-state index in [2.05, 4.69) is 0 Å². The van der Waals surface area contributed by atoms with Crippen LogP contribution in [0.1, 0.15) is 115 Å². The highest BCUT2D eigenvalue weighted by Crippen LogP contribution is 2.40. The van der Waals surface area contributed by atoms with Crippen LogP contribution in [-0.2, 0) is 38.0 Å². The molecule has 3 saturated heterocycles. The van der Waals surface area contributed by atoms with Crippen LogP contribution in [0, 0.1) is 17.8 Å². The van der Waals surface area contributed by atoms with Gasteiger partial charge in [-0.25, -0.2) is 0 Å². The summed E-state index contributed by atoms with van der Waals surface area (Å²) in [6.45, 7) is 19.7. The Labute approximate surface area is 347 Å². The second kappa shape index (κ2) is 20.9. The number of aliphatic hydroxyl groups is 5. The molecule has 0 unspecified atom stereocenters. The molecule has 0 saturated carbocycles. The molecule has 3 aliphatic heterocycles.